The molecule has 3 nitrogen and oxygen atoms in total. The van der Waals surface area contributed by atoms with Gasteiger partial charge in [0.05, 0.1) is 10.0 Å². The van der Waals surface area contributed by atoms with Crippen LogP contribution in [0.3, 0.4) is 0 Å². The topological polar surface area (TPSA) is 49.3 Å². The number of carbonyl (C=O) groups excluding carboxylic acids is 1. The van der Waals surface area contributed by atoms with Crippen molar-refractivity contribution >= 4 is 35.2 Å². The van der Waals surface area contributed by atoms with Crippen LogP contribution in [0.25, 0.3) is 6.08 Å². The number of hydrogen-bond donors (Lipinski definition) is 2. The van der Waals surface area contributed by atoms with Crippen molar-refractivity contribution in [3.8, 4) is 0 Å². The normalized spacial score (nSPS) is 13.4. The number of aliphatic hydroxyl groups is 1. The summed E-state index contributed by atoms with van der Waals surface area (Å²) in [5.74, 6) is -0.223. The number of hydrogen-bond acceptors (Lipinski definition) is 2. The van der Waals surface area contributed by atoms with Crippen molar-refractivity contribution in [3.63, 3.8) is 0 Å². The largest absolute Gasteiger partial charge is 0.396 e. The zero-order chi connectivity index (χ0) is 16.0. The molecule has 0 saturated carbocycles. The third-order valence-electron chi connectivity index (χ3n) is 3.18. The molecule has 1 atom stereocenters. The summed E-state index contributed by atoms with van der Waals surface area (Å²) >= 11 is 12.0. The second kappa shape index (κ2) is 7.83. The molecule has 5 heteroatoms. The molecule has 1 unspecified atom stereocenters. The molecule has 116 valence electrons. The van der Waals surface area contributed by atoms with E-state index in [2.05, 4.69) is 5.32 Å². The molecule has 0 radical (unpaired) electrons. The fraction of sp³-hybridized carbons (Fsp3) is 0.438. The Morgan fingerprint density at radius 2 is 2.05 bits per heavy atom. The van der Waals surface area contributed by atoms with Gasteiger partial charge in [-0.15, -0.1) is 0 Å². The van der Waals surface area contributed by atoms with E-state index in [1.165, 1.54) is 6.08 Å². The second-order valence-corrected chi connectivity index (χ2v) is 6.70. The molecule has 0 saturated heterocycles. The summed E-state index contributed by atoms with van der Waals surface area (Å²) in [6.07, 6.45) is 3.57. The third kappa shape index (κ3) is 5.70. The van der Waals surface area contributed by atoms with E-state index in [-0.39, 0.29) is 24.0 Å². The third-order valence-corrected chi connectivity index (χ3v) is 4.01. The standard InChI is InChI=1S/C16H21Cl2NO2/c1-16(2,3)13(9-10-20)19-14(21)8-7-11-5-4-6-12(17)15(11)18/h4-8,13,20H,9-10H2,1-3H3,(H,19,21)/b8-7+. The Balaban J connectivity index is 2.76. The Morgan fingerprint density at radius 1 is 1.38 bits per heavy atom. The van der Waals surface area contributed by atoms with Crippen molar-refractivity contribution in [1.29, 1.82) is 0 Å². The van der Waals surface area contributed by atoms with Gasteiger partial charge in [-0.2, -0.15) is 0 Å². The summed E-state index contributed by atoms with van der Waals surface area (Å²) in [6, 6.07) is 5.15. The quantitative estimate of drug-likeness (QED) is 0.804. The number of amides is 1. The van der Waals surface area contributed by atoms with Crippen LogP contribution >= 0.6 is 23.2 Å². The van der Waals surface area contributed by atoms with Crippen LogP contribution in [0, 0.1) is 5.41 Å². The van der Waals surface area contributed by atoms with E-state index in [9.17, 15) is 4.79 Å². The monoisotopic (exact) mass is 329 g/mol. The lowest BCUT2D eigenvalue weighted by molar-refractivity contribution is -0.118. The van der Waals surface area contributed by atoms with Crippen LogP contribution in [0.2, 0.25) is 10.0 Å². The summed E-state index contributed by atoms with van der Waals surface area (Å²) < 4.78 is 0. The zero-order valence-corrected chi connectivity index (χ0v) is 14.0. The minimum atomic E-state index is -0.223. The first kappa shape index (κ1) is 18.0. The molecule has 0 aromatic heterocycles. The van der Waals surface area contributed by atoms with Crippen LogP contribution < -0.4 is 5.32 Å². The van der Waals surface area contributed by atoms with E-state index >= 15 is 0 Å². The van der Waals surface area contributed by atoms with Crippen LogP contribution in [-0.4, -0.2) is 23.7 Å². The Bertz CT molecular complexity index is 521. The number of carbonyl (C=O) groups is 1. The molecule has 21 heavy (non-hydrogen) atoms. The van der Waals surface area contributed by atoms with Crippen LogP contribution in [0.15, 0.2) is 24.3 Å². The first-order valence-corrected chi connectivity index (χ1v) is 7.54. The highest BCUT2D eigenvalue weighted by atomic mass is 35.5. The lowest BCUT2D eigenvalue weighted by Gasteiger charge is -2.30. The van der Waals surface area contributed by atoms with E-state index < -0.39 is 0 Å². The SMILES string of the molecule is CC(C)(C)C(CCO)NC(=O)/C=C/c1cccc(Cl)c1Cl. The molecule has 0 heterocycles. The maximum Gasteiger partial charge on any atom is 0.244 e. The molecule has 0 aliphatic heterocycles. The molecule has 0 aliphatic rings. The molecule has 1 aromatic rings. The Labute approximate surface area is 136 Å². The number of aliphatic hydroxyl groups excluding tert-OH is 1. The maximum atomic E-state index is 12.0. The number of halogens is 2. The minimum absolute atomic E-state index is 0.0338. The zero-order valence-electron chi connectivity index (χ0n) is 12.5. The molecule has 0 bridgehead atoms. The Hall–Kier alpha value is -1.03. The lowest BCUT2D eigenvalue weighted by atomic mass is 9.85. The molecule has 0 spiro atoms. The number of benzene rings is 1. The molecule has 1 rings (SSSR count). The molecule has 0 aliphatic carbocycles. The van der Waals surface area contributed by atoms with Gasteiger partial charge >= 0.3 is 0 Å². The highest BCUT2D eigenvalue weighted by Gasteiger charge is 2.24. The lowest BCUT2D eigenvalue weighted by Crippen LogP contribution is -2.43. The smallest absolute Gasteiger partial charge is 0.244 e. The maximum absolute atomic E-state index is 12.0. The fourth-order valence-corrected chi connectivity index (χ4v) is 2.26. The van der Waals surface area contributed by atoms with Crippen molar-refractivity contribution in [1.82, 2.24) is 5.32 Å². The van der Waals surface area contributed by atoms with E-state index in [4.69, 9.17) is 28.3 Å². The van der Waals surface area contributed by atoms with E-state index in [0.29, 0.717) is 22.0 Å². The Morgan fingerprint density at radius 3 is 2.62 bits per heavy atom. The summed E-state index contributed by atoms with van der Waals surface area (Å²) in [6.45, 7) is 6.09. The summed E-state index contributed by atoms with van der Waals surface area (Å²) in [4.78, 5) is 12.0. The van der Waals surface area contributed by atoms with Gasteiger partial charge in [-0.3, -0.25) is 4.79 Å². The van der Waals surface area contributed by atoms with Gasteiger partial charge in [0, 0.05) is 18.7 Å². The van der Waals surface area contributed by atoms with Crippen molar-refractivity contribution in [3.05, 3.63) is 39.9 Å². The van der Waals surface area contributed by atoms with Gasteiger partial charge in [0.2, 0.25) is 5.91 Å². The van der Waals surface area contributed by atoms with Gasteiger partial charge in [-0.25, -0.2) is 0 Å². The average molecular weight is 330 g/mol. The van der Waals surface area contributed by atoms with Gasteiger partial charge in [-0.05, 0) is 29.5 Å². The van der Waals surface area contributed by atoms with Gasteiger partial charge < -0.3 is 10.4 Å². The first-order valence-electron chi connectivity index (χ1n) is 6.79. The fourth-order valence-electron chi connectivity index (χ4n) is 1.89. The van der Waals surface area contributed by atoms with Crippen LogP contribution in [0.1, 0.15) is 32.8 Å². The predicted molar refractivity (Wildman–Crippen MR) is 88.6 cm³/mol. The molecule has 1 aromatic carbocycles. The molecule has 1 amide bonds. The van der Waals surface area contributed by atoms with E-state index in [1.807, 2.05) is 20.8 Å². The predicted octanol–water partition coefficient (Wildman–Crippen LogP) is 3.92. The molecule has 2 N–H and O–H groups in total. The van der Waals surface area contributed by atoms with Crippen molar-refractivity contribution < 1.29 is 9.90 Å². The van der Waals surface area contributed by atoms with E-state index in [0.717, 1.165) is 0 Å². The van der Waals surface area contributed by atoms with Gasteiger partial charge in [-0.1, -0.05) is 56.1 Å². The second-order valence-electron chi connectivity index (χ2n) is 5.92. The molecular weight excluding hydrogens is 309 g/mol. The highest BCUT2D eigenvalue weighted by molar-refractivity contribution is 6.42. The van der Waals surface area contributed by atoms with Crippen molar-refractivity contribution in [2.75, 3.05) is 6.61 Å². The number of rotatable bonds is 5. The highest BCUT2D eigenvalue weighted by Crippen LogP contribution is 2.26. The van der Waals surface area contributed by atoms with Crippen LogP contribution in [0.4, 0.5) is 0 Å². The van der Waals surface area contributed by atoms with Crippen LogP contribution in [0.5, 0.6) is 0 Å². The van der Waals surface area contributed by atoms with Crippen molar-refractivity contribution in [2.24, 2.45) is 5.41 Å². The van der Waals surface area contributed by atoms with Crippen molar-refractivity contribution in [2.45, 2.75) is 33.2 Å². The van der Waals surface area contributed by atoms with E-state index in [1.54, 1.807) is 24.3 Å². The first-order chi connectivity index (χ1) is 9.75. The summed E-state index contributed by atoms with van der Waals surface area (Å²) in [5, 5.41) is 12.9. The Kier molecular flexibility index (Phi) is 6.72. The number of nitrogens with one attached hydrogen (secondary N) is 1. The molecule has 0 fully saturated rings. The summed E-state index contributed by atoms with van der Waals surface area (Å²) in [5.41, 5.74) is 0.564. The van der Waals surface area contributed by atoms with Gasteiger partial charge in [0.1, 0.15) is 0 Å². The van der Waals surface area contributed by atoms with Crippen LogP contribution in [-0.2, 0) is 4.79 Å². The minimum Gasteiger partial charge on any atom is -0.396 e. The summed E-state index contributed by atoms with van der Waals surface area (Å²) in [7, 11) is 0. The van der Waals surface area contributed by atoms with Gasteiger partial charge in [0.25, 0.3) is 0 Å². The van der Waals surface area contributed by atoms with Gasteiger partial charge in [0.15, 0.2) is 0 Å². The average Bonchev–Trinajstić information content (AvgIpc) is 2.39. The molecular formula is C16H21Cl2NO2.